The Hall–Kier alpha value is -2.09. The number of hydrogen-bond donors (Lipinski definition) is 1. The van der Waals surface area contributed by atoms with Gasteiger partial charge in [-0.15, -0.1) is 0 Å². The number of aromatic nitrogens is 1. The highest BCUT2D eigenvalue weighted by Crippen LogP contribution is 2.26. The predicted molar refractivity (Wildman–Crippen MR) is 86.4 cm³/mol. The Kier molecular flexibility index (Phi) is 4.80. The van der Waals surface area contributed by atoms with Crippen molar-refractivity contribution in [3.8, 4) is 0 Å². The van der Waals surface area contributed by atoms with Crippen LogP contribution < -0.4 is 5.32 Å². The minimum Gasteiger partial charge on any atom is -0.431 e. The average molecular weight is 335 g/mol. The van der Waals surface area contributed by atoms with Gasteiger partial charge in [0.25, 0.3) is 10.9 Å². The van der Waals surface area contributed by atoms with Crippen LogP contribution in [-0.2, 0) is 4.79 Å². The minimum atomic E-state index is -0.474. The molecule has 0 atom stereocenters. The van der Waals surface area contributed by atoms with E-state index >= 15 is 0 Å². The summed E-state index contributed by atoms with van der Waals surface area (Å²) in [6, 6.07) is 4.54. The molecule has 122 valence electrons. The van der Waals surface area contributed by atoms with Crippen LogP contribution in [0.3, 0.4) is 0 Å². The smallest absolute Gasteiger partial charge is 0.271 e. The number of carbonyl (C=O) groups excluding carboxylic acids is 1. The molecule has 2 aromatic rings. The molecule has 1 aromatic carbocycles. The third-order valence-corrected chi connectivity index (χ3v) is 4.69. The lowest BCUT2D eigenvalue weighted by Gasteiger charge is -2.22. The number of hydrogen-bond acceptors (Lipinski definition) is 6. The van der Waals surface area contributed by atoms with Crippen LogP contribution in [0.4, 0.5) is 5.69 Å². The van der Waals surface area contributed by atoms with E-state index in [1.165, 1.54) is 49.2 Å². The van der Waals surface area contributed by atoms with E-state index in [1.807, 2.05) is 0 Å². The first kappa shape index (κ1) is 15.8. The van der Waals surface area contributed by atoms with Gasteiger partial charge in [-0.05, 0) is 18.9 Å². The van der Waals surface area contributed by atoms with E-state index in [0.29, 0.717) is 16.3 Å². The molecule has 7 nitrogen and oxygen atoms in total. The molecule has 1 aliphatic rings. The number of nitrogens with zero attached hydrogens (tertiary/aromatic N) is 2. The van der Waals surface area contributed by atoms with Gasteiger partial charge in [0.2, 0.25) is 5.91 Å². The van der Waals surface area contributed by atoms with Crippen molar-refractivity contribution >= 4 is 34.5 Å². The van der Waals surface area contributed by atoms with Crippen LogP contribution in [0.1, 0.15) is 32.1 Å². The average Bonchev–Trinajstić information content (AvgIpc) is 2.96. The van der Waals surface area contributed by atoms with E-state index in [1.54, 1.807) is 0 Å². The van der Waals surface area contributed by atoms with Gasteiger partial charge in [0.1, 0.15) is 5.52 Å². The number of non-ortho nitro benzene ring substituents is 1. The molecular weight excluding hydrogens is 318 g/mol. The Balaban J connectivity index is 1.58. The molecule has 0 bridgehead atoms. The third kappa shape index (κ3) is 4.01. The largest absolute Gasteiger partial charge is 0.431 e. The lowest BCUT2D eigenvalue weighted by atomic mass is 9.95. The second-order valence-corrected chi connectivity index (χ2v) is 6.51. The molecule has 1 aliphatic carbocycles. The molecule has 1 aromatic heterocycles. The van der Waals surface area contributed by atoms with E-state index < -0.39 is 4.92 Å². The number of nitrogens with one attached hydrogen (secondary N) is 1. The van der Waals surface area contributed by atoms with Crippen molar-refractivity contribution in [2.24, 2.45) is 0 Å². The lowest BCUT2D eigenvalue weighted by molar-refractivity contribution is -0.384. The van der Waals surface area contributed by atoms with E-state index in [-0.39, 0.29) is 23.4 Å². The molecule has 1 heterocycles. The van der Waals surface area contributed by atoms with Gasteiger partial charge in [-0.25, -0.2) is 4.98 Å². The standard InChI is InChI=1S/C15H17N3O4S/c19-14(16-10-4-2-1-3-5-10)9-23-15-17-12-8-11(18(20)21)6-7-13(12)22-15/h6-8,10H,1-5,9H2,(H,16,19). The van der Waals surface area contributed by atoms with Gasteiger partial charge in [-0.3, -0.25) is 14.9 Å². The van der Waals surface area contributed by atoms with Crippen LogP contribution in [0.5, 0.6) is 0 Å². The zero-order valence-electron chi connectivity index (χ0n) is 12.5. The van der Waals surface area contributed by atoms with E-state index in [0.717, 1.165) is 12.8 Å². The predicted octanol–water partition coefficient (Wildman–Crippen LogP) is 3.28. The zero-order valence-corrected chi connectivity index (χ0v) is 13.3. The molecule has 0 aliphatic heterocycles. The van der Waals surface area contributed by atoms with Gasteiger partial charge in [0.05, 0.1) is 10.7 Å². The number of thioether (sulfide) groups is 1. The fraction of sp³-hybridized carbons (Fsp3) is 0.467. The Morgan fingerprint density at radius 2 is 2.17 bits per heavy atom. The Morgan fingerprint density at radius 3 is 2.91 bits per heavy atom. The fourth-order valence-corrected chi connectivity index (χ4v) is 3.36. The topological polar surface area (TPSA) is 98.3 Å². The van der Waals surface area contributed by atoms with Gasteiger partial charge in [-0.1, -0.05) is 31.0 Å². The number of nitro benzene ring substituents is 1. The number of benzene rings is 1. The molecule has 1 fully saturated rings. The van der Waals surface area contributed by atoms with Crippen molar-refractivity contribution < 1.29 is 14.1 Å². The van der Waals surface area contributed by atoms with E-state index in [9.17, 15) is 14.9 Å². The van der Waals surface area contributed by atoms with Crippen LogP contribution in [0, 0.1) is 10.1 Å². The molecule has 0 unspecified atom stereocenters. The van der Waals surface area contributed by atoms with Crippen molar-refractivity contribution in [3.63, 3.8) is 0 Å². The fourth-order valence-electron chi connectivity index (χ4n) is 2.71. The van der Waals surface area contributed by atoms with Crippen LogP contribution in [0.15, 0.2) is 27.8 Å². The highest BCUT2D eigenvalue weighted by atomic mass is 32.2. The van der Waals surface area contributed by atoms with Crippen molar-refractivity contribution in [1.82, 2.24) is 10.3 Å². The summed E-state index contributed by atoms with van der Waals surface area (Å²) in [6.07, 6.45) is 5.67. The van der Waals surface area contributed by atoms with E-state index in [4.69, 9.17) is 4.42 Å². The molecule has 3 rings (SSSR count). The Bertz CT molecular complexity index is 725. The molecule has 0 radical (unpaired) electrons. The van der Waals surface area contributed by atoms with Crippen LogP contribution in [0.25, 0.3) is 11.1 Å². The maximum atomic E-state index is 12.0. The molecule has 8 heteroatoms. The maximum Gasteiger partial charge on any atom is 0.271 e. The molecule has 0 spiro atoms. The van der Waals surface area contributed by atoms with Gasteiger partial charge in [-0.2, -0.15) is 0 Å². The van der Waals surface area contributed by atoms with Gasteiger partial charge in [0.15, 0.2) is 5.58 Å². The van der Waals surface area contributed by atoms with Crippen LogP contribution >= 0.6 is 11.8 Å². The molecule has 1 N–H and O–H groups in total. The highest BCUT2D eigenvalue weighted by Gasteiger charge is 2.17. The van der Waals surface area contributed by atoms with Crippen molar-refractivity contribution in [3.05, 3.63) is 28.3 Å². The van der Waals surface area contributed by atoms with Crippen LogP contribution in [0.2, 0.25) is 0 Å². The van der Waals surface area contributed by atoms with Gasteiger partial charge < -0.3 is 9.73 Å². The molecule has 1 amide bonds. The second-order valence-electron chi connectivity index (χ2n) is 5.58. The second kappa shape index (κ2) is 6.99. The molecule has 1 saturated carbocycles. The summed E-state index contributed by atoms with van der Waals surface area (Å²) in [4.78, 5) is 26.4. The van der Waals surface area contributed by atoms with Crippen LogP contribution in [-0.4, -0.2) is 27.6 Å². The van der Waals surface area contributed by atoms with Gasteiger partial charge >= 0.3 is 0 Å². The number of rotatable bonds is 5. The summed E-state index contributed by atoms with van der Waals surface area (Å²) >= 11 is 1.20. The van der Waals surface area contributed by atoms with Crippen molar-refractivity contribution in [2.75, 3.05) is 5.75 Å². The summed E-state index contributed by atoms with van der Waals surface area (Å²) in [7, 11) is 0. The SMILES string of the molecule is O=C(CSc1nc2cc([N+](=O)[O-])ccc2o1)NC1CCCCC1. The van der Waals surface area contributed by atoms with E-state index in [2.05, 4.69) is 10.3 Å². The summed E-state index contributed by atoms with van der Waals surface area (Å²) in [5.74, 6) is 0.195. The summed E-state index contributed by atoms with van der Waals surface area (Å²) in [5, 5.41) is 14.1. The summed E-state index contributed by atoms with van der Waals surface area (Å²) < 4.78 is 5.49. The van der Waals surface area contributed by atoms with Crippen molar-refractivity contribution in [1.29, 1.82) is 0 Å². The number of amides is 1. The minimum absolute atomic E-state index is 0.0302. The molecule has 23 heavy (non-hydrogen) atoms. The highest BCUT2D eigenvalue weighted by molar-refractivity contribution is 7.99. The van der Waals surface area contributed by atoms with Crippen molar-refractivity contribution in [2.45, 2.75) is 43.4 Å². The number of carbonyl (C=O) groups is 1. The first-order valence-corrected chi connectivity index (χ1v) is 8.57. The number of fused-ring (bicyclic) bond motifs is 1. The normalized spacial score (nSPS) is 15.7. The zero-order chi connectivity index (χ0) is 16.2. The Labute approximate surface area is 137 Å². The lowest BCUT2D eigenvalue weighted by Crippen LogP contribution is -2.37. The molecule has 0 saturated heterocycles. The molecular formula is C15H17N3O4S. The maximum absolute atomic E-state index is 12.0. The Morgan fingerprint density at radius 1 is 1.39 bits per heavy atom. The first-order chi connectivity index (χ1) is 11.1. The monoisotopic (exact) mass is 335 g/mol. The third-order valence-electron chi connectivity index (χ3n) is 3.86. The summed E-state index contributed by atoms with van der Waals surface area (Å²) in [6.45, 7) is 0. The number of nitro groups is 1. The number of oxazole rings is 1. The van der Waals surface area contributed by atoms with Gasteiger partial charge in [0, 0.05) is 18.2 Å². The quantitative estimate of drug-likeness (QED) is 0.511. The first-order valence-electron chi connectivity index (χ1n) is 7.59. The summed E-state index contributed by atoms with van der Waals surface area (Å²) in [5.41, 5.74) is 0.873.